The van der Waals surface area contributed by atoms with Gasteiger partial charge in [-0.15, -0.1) is 0 Å². The highest BCUT2D eigenvalue weighted by Gasteiger charge is 2.30. The Labute approximate surface area is 134 Å². The van der Waals surface area contributed by atoms with E-state index in [0.29, 0.717) is 18.7 Å². The molecule has 0 spiro atoms. The molecule has 23 heavy (non-hydrogen) atoms. The fourth-order valence-electron chi connectivity index (χ4n) is 2.93. The smallest absolute Gasteiger partial charge is 0.254 e. The largest absolute Gasteiger partial charge is 0.496 e. The van der Waals surface area contributed by atoms with Gasteiger partial charge >= 0.3 is 0 Å². The molecule has 1 aliphatic rings. The highest BCUT2D eigenvalue weighted by atomic mass is 19.1. The Kier molecular flexibility index (Phi) is 4.57. The van der Waals surface area contributed by atoms with Crippen molar-refractivity contribution in [3.63, 3.8) is 0 Å². The van der Waals surface area contributed by atoms with Gasteiger partial charge in [0.2, 0.25) is 0 Å². The molecule has 1 aliphatic heterocycles. The molecule has 2 aromatic carbocycles. The first-order valence-electron chi connectivity index (χ1n) is 7.61. The highest BCUT2D eigenvalue weighted by molar-refractivity contribution is 5.94. The summed E-state index contributed by atoms with van der Waals surface area (Å²) >= 11 is 0. The molecular formula is C18H19FN2O2. The summed E-state index contributed by atoms with van der Waals surface area (Å²) in [5.74, 6) is 0.323. The fourth-order valence-corrected chi connectivity index (χ4v) is 2.93. The van der Waals surface area contributed by atoms with E-state index >= 15 is 0 Å². The number of hydrogen-bond donors (Lipinski definition) is 1. The zero-order valence-electron chi connectivity index (χ0n) is 13.0. The molecule has 0 radical (unpaired) electrons. The van der Waals surface area contributed by atoms with Crippen molar-refractivity contribution in [2.24, 2.45) is 0 Å². The van der Waals surface area contributed by atoms with Crippen molar-refractivity contribution in [1.82, 2.24) is 10.2 Å². The third kappa shape index (κ3) is 3.19. The van der Waals surface area contributed by atoms with Gasteiger partial charge in [-0.1, -0.05) is 18.2 Å². The third-order valence-corrected chi connectivity index (χ3v) is 4.09. The van der Waals surface area contributed by atoms with Crippen molar-refractivity contribution in [2.75, 3.05) is 26.7 Å². The van der Waals surface area contributed by atoms with Crippen molar-refractivity contribution in [2.45, 2.75) is 6.04 Å². The van der Waals surface area contributed by atoms with Crippen LogP contribution in [-0.2, 0) is 0 Å². The van der Waals surface area contributed by atoms with E-state index in [1.54, 1.807) is 7.11 Å². The maximum Gasteiger partial charge on any atom is 0.254 e. The van der Waals surface area contributed by atoms with Gasteiger partial charge in [-0.3, -0.25) is 4.79 Å². The van der Waals surface area contributed by atoms with Crippen LogP contribution in [0.1, 0.15) is 22.0 Å². The molecule has 5 heteroatoms. The number of hydrogen-bond acceptors (Lipinski definition) is 3. The summed E-state index contributed by atoms with van der Waals surface area (Å²) in [6.07, 6.45) is 0. The van der Waals surface area contributed by atoms with Gasteiger partial charge in [0.15, 0.2) is 0 Å². The van der Waals surface area contributed by atoms with E-state index in [4.69, 9.17) is 4.74 Å². The molecule has 0 aromatic heterocycles. The van der Waals surface area contributed by atoms with Crippen molar-refractivity contribution in [3.8, 4) is 5.75 Å². The van der Waals surface area contributed by atoms with Gasteiger partial charge in [0.25, 0.3) is 5.91 Å². The summed E-state index contributed by atoms with van der Waals surface area (Å²) < 4.78 is 18.5. The molecular weight excluding hydrogens is 295 g/mol. The minimum absolute atomic E-state index is 0.0950. The number of carbonyl (C=O) groups is 1. The number of rotatable bonds is 3. The zero-order chi connectivity index (χ0) is 16.2. The molecule has 1 heterocycles. The van der Waals surface area contributed by atoms with Crippen molar-refractivity contribution >= 4 is 5.91 Å². The standard InChI is InChI=1S/C18H19FN2O2/c1-23-17-5-3-2-4-15(17)16-12-20-10-11-21(16)18(22)13-6-8-14(19)9-7-13/h2-9,16,20H,10-12H2,1H3/t16-/m1/s1. The number of piperazine rings is 1. The number of benzene rings is 2. The average Bonchev–Trinajstić information content (AvgIpc) is 2.62. The maximum absolute atomic E-state index is 13.1. The van der Waals surface area contributed by atoms with Crippen LogP contribution in [0.15, 0.2) is 48.5 Å². The summed E-state index contributed by atoms with van der Waals surface area (Å²) in [7, 11) is 1.63. The van der Waals surface area contributed by atoms with Crippen molar-refractivity contribution in [1.29, 1.82) is 0 Å². The van der Waals surface area contributed by atoms with Crippen LogP contribution >= 0.6 is 0 Å². The lowest BCUT2D eigenvalue weighted by atomic mass is 10.0. The van der Waals surface area contributed by atoms with Crippen molar-refractivity contribution in [3.05, 3.63) is 65.5 Å². The molecule has 0 aliphatic carbocycles. The molecule has 1 saturated heterocycles. The van der Waals surface area contributed by atoms with Crippen LogP contribution in [0.2, 0.25) is 0 Å². The number of carbonyl (C=O) groups excluding carboxylic acids is 1. The lowest BCUT2D eigenvalue weighted by Gasteiger charge is -2.37. The molecule has 1 fully saturated rings. The molecule has 2 aromatic rings. The summed E-state index contributed by atoms with van der Waals surface area (Å²) in [6, 6.07) is 13.3. The minimum atomic E-state index is -0.344. The van der Waals surface area contributed by atoms with Crippen LogP contribution in [0.25, 0.3) is 0 Å². The van der Waals surface area contributed by atoms with Gasteiger partial charge in [0.05, 0.1) is 13.2 Å². The Morgan fingerprint density at radius 1 is 1.22 bits per heavy atom. The average molecular weight is 314 g/mol. The molecule has 4 nitrogen and oxygen atoms in total. The normalized spacial score (nSPS) is 17.8. The molecule has 1 amide bonds. The van der Waals surface area contributed by atoms with Crippen LogP contribution in [0, 0.1) is 5.82 Å². The van der Waals surface area contributed by atoms with E-state index in [2.05, 4.69) is 5.32 Å². The SMILES string of the molecule is COc1ccccc1[C@H]1CNCCN1C(=O)c1ccc(F)cc1. The molecule has 0 unspecified atom stereocenters. The molecule has 1 N–H and O–H groups in total. The van der Waals surface area contributed by atoms with Crippen LogP contribution in [0.5, 0.6) is 5.75 Å². The van der Waals surface area contributed by atoms with Crippen LogP contribution in [0.3, 0.4) is 0 Å². The topological polar surface area (TPSA) is 41.6 Å². The third-order valence-electron chi connectivity index (χ3n) is 4.09. The van der Waals surface area contributed by atoms with E-state index in [9.17, 15) is 9.18 Å². The number of nitrogens with one attached hydrogen (secondary N) is 1. The molecule has 120 valence electrons. The Balaban J connectivity index is 1.92. The van der Waals surface area contributed by atoms with E-state index in [1.165, 1.54) is 24.3 Å². The Hall–Kier alpha value is -2.40. The first-order valence-corrected chi connectivity index (χ1v) is 7.61. The Morgan fingerprint density at radius 3 is 2.70 bits per heavy atom. The number of methoxy groups -OCH3 is 1. The summed E-state index contributed by atoms with van der Waals surface area (Å²) in [4.78, 5) is 14.7. The van der Waals surface area contributed by atoms with Gasteiger partial charge in [0.1, 0.15) is 11.6 Å². The predicted molar refractivity (Wildman–Crippen MR) is 86.0 cm³/mol. The molecule has 0 saturated carbocycles. The lowest BCUT2D eigenvalue weighted by Crippen LogP contribution is -2.48. The Morgan fingerprint density at radius 2 is 1.96 bits per heavy atom. The first-order chi connectivity index (χ1) is 11.2. The van der Waals surface area contributed by atoms with Gasteiger partial charge < -0.3 is 15.0 Å². The molecule has 1 atom stereocenters. The number of amides is 1. The fraction of sp³-hybridized carbons (Fsp3) is 0.278. The number of halogens is 1. The Bertz CT molecular complexity index is 688. The quantitative estimate of drug-likeness (QED) is 0.947. The van der Waals surface area contributed by atoms with E-state index < -0.39 is 0 Å². The second-order valence-electron chi connectivity index (χ2n) is 5.47. The monoisotopic (exact) mass is 314 g/mol. The van der Waals surface area contributed by atoms with Crippen LogP contribution < -0.4 is 10.1 Å². The van der Waals surface area contributed by atoms with Gasteiger partial charge in [-0.2, -0.15) is 0 Å². The predicted octanol–water partition coefficient (Wildman–Crippen LogP) is 2.62. The number of ether oxygens (including phenoxy) is 1. The number of nitrogens with zero attached hydrogens (tertiary/aromatic N) is 1. The van der Waals surface area contributed by atoms with Gasteiger partial charge in [-0.25, -0.2) is 4.39 Å². The molecule has 0 bridgehead atoms. The second-order valence-corrected chi connectivity index (χ2v) is 5.47. The summed E-state index contributed by atoms with van der Waals surface area (Å²) in [6.45, 7) is 1.99. The van der Waals surface area contributed by atoms with E-state index in [0.717, 1.165) is 17.9 Å². The zero-order valence-corrected chi connectivity index (χ0v) is 13.0. The lowest BCUT2D eigenvalue weighted by molar-refractivity contribution is 0.0631. The van der Waals surface area contributed by atoms with Crippen molar-refractivity contribution < 1.29 is 13.9 Å². The number of para-hydroxylation sites is 1. The van der Waals surface area contributed by atoms with E-state index in [1.807, 2.05) is 29.2 Å². The first kappa shape index (κ1) is 15.5. The van der Waals surface area contributed by atoms with E-state index in [-0.39, 0.29) is 17.8 Å². The summed E-state index contributed by atoms with van der Waals surface area (Å²) in [5.41, 5.74) is 1.46. The molecule has 3 rings (SSSR count). The highest BCUT2D eigenvalue weighted by Crippen LogP contribution is 2.31. The summed E-state index contributed by atoms with van der Waals surface area (Å²) in [5, 5.41) is 3.32. The van der Waals surface area contributed by atoms with Crippen LogP contribution in [-0.4, -0.2) is 37.6 Å². The van der Waals surface area contributed by atoms with Gasteiger partial charge in [-0.05, 0) is 30.3 Å². The minimum Gasteiger partial charge on any atom is -0.496 e. The van der Waals surface area contributed by atoms with Crippen LogP contribution in [0.4, 0.5) is 4.39 Å². The van der Waals surface area contributed by atoms with Gasteiger partial charge in [0, 0.05) is 30.8 Å². The maximum atomic E-state index is 13.1. The second kappa shape index (κ2) is 6.79.